The lowest BCUT2D eigenvalue weighted by atomic mass is 9.92. The van der Waals surface area contributed by atoms with Crippen molar-refractivity contribution in [3.05, 3.63) is 77.5 Å². The monoisotopic (exact) mass is 658 g/mol. The van der Waals surface area contributed by atoms with Gasteiger partial charge in [0.05, 0.1) is 17.5 Å². The van der Waals surface area contributed by atoms with E-state index in [1.807, 2.05) is 6.07 Å². The fraction of sp³-hybridized carbons (Fsp3) is 0.406. The molecule has 3 amide bonds. The second-order valence-electron chi connectivity index (χ2n) is 11.5. The summed E-state index contributed by atoms with van der Waals surface area (Å²) in [6.45, 7) is 3.53. The smallest absolute Gasteiger partial charge is 0.319 e. The molecule has 0 aliphatic carbocycles. The summed E-state index contributed by atoms with van der Waals surface area (Å²) in [5, 5.41) is 5.28. The van der Waals surface area contributed by atoms with Crippen molar-refractivity contribution in [3.63, 3.8) is 0 Å². The zero-order valence-corrected chi connectivity index (χ0v) is 26.7. The van der Waals surface area contributed by atoms with E-state index in [-0.39, 0.29) is 17.8 Å². The number of piperidine rings is 1. The Bertz CT molecular complexity index is 1610. The van der Waals surface area contributed by atoms with Gasteiger partial charge < -0.3 is 21.1 Å². The fourth-order valence-electron chi connectivity index (χ4n) is 5.45. The molecule has 1 aliphatic heterocycles. The van der Waals surface area contributed by atoms with E-state index in [1.165, 1.54) is 0 Å². The number of anilines is 2. The number of hydrogen-bond acceptors (Lipinski definition) is 7. The molecular formula is C32H40F2N6O5S. The number of likely N-dealkylation sites (tertiary alicyclic amines) is 1. The van der Waals surface area contributed by atoms with Gasteiger partial charge in [-0.15, -0.1) is 0 Å². The van der Waals surface area contributed by atoms with Gasteiger partial charge in [0.25, 0.3) is 5.91 Å². The van der Waals surface area contributed by atoms with Crippen molar-refractivity contribution in [2.75, 3.05) is 22.8 Å². The maximum Gasteiger partial charge on any atom is 0.319 e. The number of unbranched alkanes of at least 4 members (excludes halogenated alkanes) is 3. The lowest BCUT2D eigenvalue weighted by Crippen LogP contribution is -2.50. The van der Waals surface area contributed by atoms with Crippen LogP contribution in [0.4, 0.5) is 25.0 Å². The quantitative estimate of drug-likeness (QED) is 0.161. The molecule has 4 rings (SSSR count). The van der Waals surface area contributed by atoms with Crippen molar-refractivity contribution in [2.45, 2.75) is 70.5 Å². The molecule has 2 heterocycles. The number of rotatable bonds is 14. The molecule has 5 N–H and O–H groups in total. The Morgan fingerprint density at radius 3 is 2.48 bits per heavy atom. The highest BCUT2D eigenvalue weighted by Gasteiger charge is 2.29. The Balaban J connectivity index is 1.35. The lowest BCUT2D eigenvalue weighted by molar-refractivity contribution is 0.0996. The maximum atomic E-state index is 14.3. The number of nitrogens with zero attached hydrogens (tertiary/aromatic N) is 2. The van der Waals surface area contributed by atoms with Gasteiger partial charge in [0, 0.05) is 49.2 Å². The Labute approximate surface area is 268 Å². The van der Waals surface area contributed by atoms with Gasteiger partial charge in [-0.1, -0.05) is 38.7 Å². The highest BCUT2D eigenvalue weighted by molar-refractivity contribution is 7.92. The molecule has 1 aromatic heterocycles. The van der Waals surface area contributed by atoms with E-state index in [0.29, 0.717) is 49.3 Å². The molecule has 2 unspecified atom stereocenters. The lowest BCUT2D eigenvalue weighted by Gasteiger charge is -2.40. The third-order valence-electron chi connectivity index (χ3n) is 7.70. The summed E-state index contributed by atoms with van der Waals surface area (Å²) < 4.78 is 59.2. The van der Waals surface area contributed by atoms with E-state index < -0.39 is 39.2 Å². The number of primary amides is 1. The van der Waals surface area contributed by atoms with Gasteiger partial charge in [0.1, 0.15) is 17.4 Å². The summed E-state index contributed by atoms with van der Waals surface area (Å²) in [7, 11) is -3.37. The van der Waals surface area contributed by atoms with Gasteiger partial charge in [0.15, 0.2) is 0 Å². The third kappa shape index (κ3) is 10.4. The predicted molar refractivity (Wildman–Crippen MR) is 172 cm³/mol. The fourth-order valence-corrected chi connectivity index (χ4v) is 6.01. The first kappa shape index (κ1) is 34.6. The average molecular weight is 659 g/mol. The van der Waals surface area contributed by atoms with Crippen LogP contribution in [-0.2, 0) is 16.6 Å². The van der Waals surface area contributed by atoms with E-state index in [1.54, 1.807) is 36.5 Å². The van der Waals surface area contributed by atoms with Gasteiger partial charge >= 0.3 is 6.03 Å². The van der Waals surface area contributed by atoms with Crippen LogP contribution < -0.4 is 25.8 Å². The van der Waals surface area contributed by atoms with Crippen LogP contribution >= 0.6 is 0 Å². The highest BCUT2D eigenvalue weighted by atomic mass is 32.2. The zero-order chi connectivity index (χ0) is 33.3. The number of pyridine rings is 1. The van der Waals surface area contributed by atoms with E-state index in [0.717, 1.165) is 50.0 Å². The van der Waals surface area contributed by atoms with Gasteiger partial charge in [-0.2, -0.15) is 0 Å². The number of nitrogens with two attached hydrogens (primary N) is 1. The molecular weight excluding hydrogens is 618 g/mol. The van der Waals surface area contributed by atoms with Crippen molar-refractivity contribution in [3.8, 4) is 11.6 Å². The Morgan fingerprint density at radius 2 is 1.83 bits per heavy atom. The van der Waals surface area contributed by atoms with Crippen molar-refractivity contribution in [2.24, 2.45) is 5.73 Å². The van der Waals surface area contributed by atoms with Crippen LogP contribution in [0.3, 0.4) is 0 Å². The Hall–Kier alpha value is -4.30. The second kappa shape index (κ2) is 15.8. The normalized spacial score (nSPS) is 16.9. The summed E-state index contributed by atoms with van der Waals surface area (Å²) in [6.07, 6.45) is 9.59. The van der Waals surface area contributed by atoms with Crippen LogP contribution in [0.5, 0.6) is 11.6 Å². The molecule has 1 aliphatic rings. The predicted octanol–water partition coefficient (Wildman–Crippen LogP) is 5.75. The number of carbonyl (C=O) groups excluding carboxylic acids is 2. The first-order chi connectivity index (χ1) is 21.9. The van der Waals surface area contributed by atoms with Crippen LogP contribution in [0.25, 0.3) is 0 Å². The molecule has 46 heavy (non-hydrogen) atoms. The molecule has 1 fully saturated rings. The number of hydrogen-bond donors (Lipinski definition) is 4. The minimum Gasteiger partial charge on any atom is -0.439 e. The molecule has 3 aromatic rings. The average Bonchev–Trinajstić information content (AvgIpc) is 2.99. The molecule has 2 aromatic carbocycles. The van der Waals surface area contributed by atoms with Crippen molar-refractivity contribution in [1.29, 1.82) is 0 Å². The molecule has 2 atom stereocenters. The summed E-state index contributed by atoms with van der Waals surface area (Å²) in [4.78, 5) is 31.0. The number of carbonyl (C=O) groups is 2. The number of aromatic nitrogens is 1. The number of ether oxygens (including phenoxy) is 1. The zero-order valence-electron chi connectivity index (χ0n) is 25.9. The molecule has 0 spiro atoms. The summed E-state index contributed by atoms with van der Waals surface area (Å²) in [5.41, 5.74) is 5.74. The first-order valence-electron chi connectivity index (χ1n) is 15.2. The molecule has 1 saturated heterocycles. The van der Waals surface area contributed by atoms with Crippen LogP contribution in [0.1, 0.15) is 67.8 Å². The van der Waals surface area contributed by atoms with Crippen LogP contribution in [0, 0.1) is 11.6 Å². The van der Waals surface area contributed by atoms with E-state index in [9.17, 15) is 26.8 Å². The third-order valence-corrected chi connectivity index (χ3v) is 8.30. The number of urea groups is 1. The SMILES string of the molecule is CCCCCCC1CC(NC(=O)Nc2cc(C(N)=O)c(F)cc2F)CCN1Cc1ccc(Oc2ccc(NS(C)(=O)=O)cc2)nc1. The summed E-state index contributed by atoms with van der Waals surface area (Å²) in [5.74, 6) is -2.25. The van der Waals surface area contributed by atoms with Crippen LogP contribution in [0.2, 0.25) is 0 Å². The van der Waals surface area contributed by atoms with Crippen LogP contribution in [0.15, 0.2) is 54.7 Å². The maximum absolute atomic E-state index is 14.3. The second-order valence-corrected chi connectivity index (χ2v) is 13.2. The molecule has 0 bridgehead atoms. The molecule has 11 nitrogen and oxygen atoms in total. The standard InChI is InChI=1S/C32H40F2N6O5S/c1-3-4-5-6-7-24-16-23(37-32(42)38-29-17-26(31(35)41)27(33)18-28(29)34)14-15-40(24)20-21-8-13-30(36-19-21)45-25-11-9-22(10-12-25)39-46(2,43)44/h8-13,17-19,23-24,39H,3-7,14-16,20H2,1-2H3,(H2,35,41)(H2,37,38,42). The number of amides is 3. The van der Waals surface area contributed by atoms with E-state index >= 15 is 0 Å². The molecule has 14 heteroatoms. The Morgan fingerprint density at radius 1 is 1.07 bits per heavy atom. The highest BCUT2D eigenvalue weighted by Crippen LogP contribution is 2.27. The van der Waals surface area contributed by atoms with Gasteiger partial charge in [-0.05, 0) is 55.2 Å². The van der Waals surface area contributed by atoms with Gasteiger partial charge in [-0.25, -0.2) is 27.0 Å². The number of nitrogens with one attached hydrogen (secondary N) is 3. The minimum atomic E-state index is -3.37. The minimum absolute atomic E-state index is 0.167. The summed E-state index contributed by atoms with van der Waals surface area (Å²) >= 11 is 0. The van der Waals surface area contributed by atoms with Crippen LogP contribution in [-0.4, -0.2) is 55.1 Å². The van der Waals surface area contributed by atoms with E-state index in [4.69, 9.17) is 10.5 Å². The summed E-state index contributed by atoms with van der Waals surface area (Å²) in [6, 6.07) is 11.0. The number of benzene rings is 2. The van der Waals surface area contributed by atoms with Crippen molar-refractivity contribution in [1.82, 2.24) is 15.2 Å². The van der Waals surface area contributed by atoms with Crippen molar-refractivity contribution >= 4 is 33.3 Å². The van der Waals surface area contributed by atoms with E-state index in [2.05, 4.69) is 32.2 Å². The van der Waals surface area contributed by atoms with Gasteiger partial charge in [-0.3, -0.25) is 14.4 Å². The molecule has 248 valence electrons. The number of sulfonamides is 1. The van der Waals surface area contributed by atoms with Crippen molar-refractivity contribution < 1.29 is 31.5 Å². The largest absolute Gasteiger partial charge is 0.439 e. The topological polar surface area (TPSA) is 156 Å². The molecule has 0 radical (unpaired) electrons. The van der Waals surface area contributed by atoms with Gasteiger partial charge in [0.2, 0.25) is 15.9 Å². The molecule has 0 saturated carbocycles. The Kier molecular flexibility index (Phi) is 11.9. The number of halogens is 2. The first-order valence-corrected chi connectivity index (χ1v) is 17.1.